The summed E-state index contributed by atoms with van der Waals surface area (Å²) < 4.78 is 5.37. The van der Waals surface area contributed by atoms with Crippen molar-refractivity contribution in [1.82, 2.24) is 10.6 Å². The molecular formula is C13H17ClN2O3. The number of halogens is 1. The Labute approximate surface area is 117 Å². The van der Waals surface area contributed by atoms with Crippen molar-refractivity contribution in [2.24, 2.45) is 0 Å². The maximum Gasteiger partial charge on any atom is 0.258 e. The van der Waals surface area contributed by atoms with Crippen LogP contribution in [-0.2, 0) is 9.59 Å². The predicted octanol–water partition coefficient (Wildman–Crippen LogP) is 1.28. The Kier molecular flexibility index (Phi) is 6.15. The predicted molar refractivity (Wildman–Crippen MR) is 73.4 cm³/mol. The van der Waals surface area contributed by atoms with Crippen LogP contribution in [0.15, 0.2) is 18.2 Å². The van der Waals surface area contributed by atoms with Gasteiger partial charge in [-0.3, -0.25) is 9.59 Å². The molecule has 0 aliphatic carbocycles. The first-order valence-corrected chi connectivity index (χ1v) is 6.27. The third-order valence-corrected chi connectivity index (χ3v) is 2.55. The lowest BCUT2D eigenvalue weighted by atomic mass is 10.2. The zero-order valence-corrected chi connectivity index (χ0v) is 11.7. The number of nitrogens with one attached hydrogen (secondary N) is 2. The summed E-state index contributed by atoms with van der Waals surface area (Å²) in [5.74, 6) is 0.267. The van der Waals surface area contributed by atoms with Crippen LogP contribution in [0.1, 0.15) is 12.5 Å². The highest BCUT2D eigenvalue weighted by atomic mass is 35.5. The van der Waals surface area contributed by atoms with Gasteiger partial charge in [-0.15, -0.1) is 0 Å². The molecule has 2 N–H and O–H groups in total. The van der Waals surface area contributed by atoms with Crippen molar-refractivity contribution in [3.8, 4) is 5.75 Å². The molecule has 6 heteroatoms. The molecular weight excluding hydrogens is 268 g/mol. The largest absolute Gasteiger partial charge is 0.484 e. The highest BCUT2D eigenvalue weighted by Crippen LogP contribution is 2.21. The van der Waals surface area contributed by atoms with Gasteiger partial charge in [0, 0.05) is 25.0 Å². The molecule has 0 aliphatic heterocycles. The van der Waals surface area contributed by atoms with Gasteiger partial charge in [0.25, 0.3) is 5.91 Å². The zero-order chi connectivity index (χ0) is 14.3. The van der Waals surface area contributed by atoms with Crippen molar-refractivity contribution in [3.63, 3.8) is 0 Å². The second kappa shape index (κ2) is 7.63. The molecule has 2 amide bonds. The summed E-state index contributed by atoms with van der Waals surface area (Å²) in [5.41, 5.74) is 0.874. The first-order valence-electron chi connectivity index (χ1n) is 5.89. The molecule has 0 aromatic heterocycles. The lowest BCUT2D eigenvalue weighted by Gasteiger charge is -2.10. The molecule has 0 atom stereocenters. The molecule has 5 nitrogen and oxygen atoms in total. The Balaban J connectivity index is 2.28. The van der Waals surface area contributed by atoms with Gasteiger partial charge in [0.15, 0.2) is 6.61 Å². The van der Waals surface area contributed by atoms with E-state index in [0.717, 1.165) is 5.56 Å². The van der Waals surface area contributed by atoms with Crippen molar-refractivity contribution in [3.05, 3.63) is 28.8 Å². The number of amides is 2. The summed E-state index contributed by atoms with van der Waals surface area (Å²) in [6.45, 7) is 4.00. The van der Waals surface area contributed by atoms with Gasteiger partial charge in [-0.05, 0) is 30.7 Å². The summed E-state index contributed by atoms with van der Waals surface area (Å²) in [4.78, 5) is 22.1. The minimum Gasteiger partial charge on any atom is -0.484 e. The van der Waals surface area contributed by atoms with E-state index < -0.39 is 0 Å². The fourth-order valence-electron chi connectivity index (χ4n) is 1.41. The number of carbonyl (C=O) groups excluding carboxylic acids is 2. The number of ether oxygens (including phenoxy) is 1. The van der Waals surface area contributed by atoms with Crippen LogP contribution in [0.5, 0.6) is 5.75 Å². The summed E-state index contributed by atoms with van der Waals surface area (Å²) in [6.07, 6.45) is 0. The maximum atomic E-state index is 11.5. The maximum absolute atomic E-state index is 11.5. The van der Waals surface area contributed by atoms with Crippen molar-refractivity contribution >= 4 is 23.4 Å². The first-order chi connectivity index (χ1) is 8.99. The molecule has 0 unspecified atom stereocenters. The number of rotatable bonds is 6. The summed E-state index contributed by atoms with van der Waals surface area (Å²) >= 11 is 5.82. The SMILES string of the molecule is CC(=O)NCCNC(=O)COc1ccc(Cl)cc1C. The van der Waals surface area contributed by atoms with E-state index in [9.17, 15) is 9.59 Å². The van der Waals surface area contributed by atoms with E-state index in [1.54, 1.807) is 18.2 Å². The van der Waals surface area contributed by atoms with Gasteiger partial charge in [0.1, 0.15) is 5.75 Å². The van der Waals surface area contributed by atoms with Crippen LogP contribution >= 0.6 is 11.6 Å². The zero-order valence-electron chi connectivity index (χ0n) is 11.0. The summed E-state index contributed by atoms with van der Waals surface area (Å²) in [5, 5.41) is 5.84. The third kappa shape index (κ3) is 6.10. The minimum absolute atomic E-state index is 0.0669. The second-order valence-electron chi connectivity index (χ2n) is 4.03. The third-order valence-electron chi connectivity index (χ3n) is 2.32. The quantitative estimate of drug-likeness (QED) is 0.773. The van der Waals surface area contributed by atoms with Crippen LogP contribution in [0.2, 0.25) is 5.02 Å². The highest BCUT2D eigenvalue weighted by molar-refractivity contribution is 6.30. The van der Waals surface area contributed by atoms with Gasteiger partial charge in [-0.1, -0.05) is 11.6 Å². The summed E-state index contributed by atoms with van der Waals surface area (Å²) in [6, 6.07) is 5.20. The van der Waals surface area contributed by atoms with Crippen LogP contribution < -0.4 is 15.4 Å². The smallest absolute Gasteiger partial charge is 0.258 e. The van der Waals surface area contributed by atoms with Crippen molar-refractivity contribution in [2.75, 3.05) is 19.7 Å². The molecule has 104 valence electrons. The molecule has 0 aliphatic rings. The fraction of sp³-hybridized carbons (Fsp3) is 0.385. The molecule has 0 radical (unpaired) electrons. The lowest BCUT2D eigenvalue weighted by molar-refractivity contribution is -0.123. The summed E-state index contributed by atoms with van der Waals surface area (Å²) in [7, 11) is 0. The number of hydrogen-bond donors (Lipinski definition) is 2. The topological polar surface area (TPSA) is 67.4 Å². The van der Waals surface area contributed by atoms with E-state index >= 15 is 0 Å². The van der Waals surface area contributed by atoms with Gasteiger partial charge in [0.2, 0.25) is 5.91 Å². The van der Waals surface area contributed by atoms with E-state index in [0.29, 0.717) is 23.9 Å². The van der Waals surface area contributed by atoms with Crippen LogP contribution in [0.4, 0.5) is 0 Å². The molecule has 0 saturated heterocycles. The Morgan fingerprint density at radius 3 is 2.58 bits per heavy atom. The lowest BCUT2D eigenvalue weighted by Crippen LogP contribution is -2.36. The molecule has 1 rings (SSSR count). The molecule has 19 heavy (non-hydrogen) atoms. The van der Waals surface area contributed by atoms with Crippen molar-refractivity contribution in [2.45, 2.75) is 13.8 Å². The monoisotopic (exact) mass is 284 g/mol. The molecule has 1 aromatic carbocycles. The van der Waals surface area contributed by atoms with Gasteiger partial charge >= 0.3 is 0 Å². The Morgan fingerprint density at radius 2 is 1.95 bits per heavy atom. The number of carbonyl (C=O) groups is 2. The normalized spacial score (nSPS) is 9.84. The highest BCUT2D eigenvalue weighted by Gasteiger charge is 2.04. The number of benzene rings is 1. The molecule has 0 fully saturated rings. The molecule has 0 bridgehead atoms. The van der Waals surface area contributed by atoms with Crippen LogP contribution in [-0.4, -0.2) is 31.5 Å². The van der Waals surface area contributed by atoms with E-state index in [2.05, 4.69) is 10.6 Å². The van der Waals surface area contributed by atoms with Crippen LogP contribution in [0.3, 0.4) is 0 Å². The van der Waals surface area contributed by atoms with Gasteiger partial charge in [-0.2, -0.15) is 0 Å². The first kappa shape index (κ1) is 15.3. The Hall–Kier alpha value is -1.75. The van der Waals surface area contributed by atoms with Gasteiger partial charge in [0.05, 0.1) is 0 Å². The van der Waals surface area contributed by atoms with Gasteiger partial charge < -0.3 is 15.4 Å². The molecule has 0 heterocycles. The fourth-order valence-corrected chi connectivity index (χ4v) is 1.64. The average molecular weight is 285 g/mol. The standard InChI is InChI=1S/C13H17ClN2O3/c1-9-7-11(14)3-4-12(9)19-8-13(18)16-6-5-15-10(2)17/h3-4,7H,5-6,8H2,1-2H3,(H,15,17)(H,16,18). The second-order valence-corrected chi connectivity index (χ2v) is 4.47. The van der Waals surface area contributed by atoms with E-state index in [4.69, 9.17) is 16.3 Å². The van der Waals surface area contributed by atoms with Crippen molar-refractivity contribution in [1.29, 1.82) is 0 Å². The van der Waals surface area contributed by atoms with E-state index in [-0.39, 0.29) is 18.4 Å². The van der Waals surface area contributed by atoms with Gasteiger partial charge in [-0.25, -0.2) is 0 Å². The van der Waals surface area contributed by atoms with E-state index in [1.165, 1.54) is 6.92 Å². The Morgan fingerprint density at radius 1 is 1.26 bits per heavy atom. The number of hydrogen-bond acceptors (Lipinski definition) is 3. The molecule has 1 aromatic rings. The minimum atomic E-state index is -0.236. The van der Waals surface area contributed by atoms with E-state index in [1.807, 2.05) is 6.92 Å². The van der Waals surface area contributed by atoms with Crippen LogP contribution in [0, 0.1) is 6.92 Å². The molecule has 0 spiro atoms. The number of aryl methyl sites for hydroxylation is 1. The van der Waals surface area contributed by atoms with Crippen LogP contribution in [0.25, 0.3) is 0 Å². The van der Waals surface area contributed by atoms with Crippen molar-refractivity contribution < 1.29 is 14.3 Å². The molecule has 0 saturated carbocycles. The Bertz CT molecular complexity index is 463. The average Bonchev–Trinajstić information content (AvgIpc) is 2.33.